The van der Waals surface area contributed by atoms with Crippen LogP contribution in [0.25, 0.3) is 10.9 Å². The van der Waals surface area contributed by atoms with Crippen LogP contribution in [0.5, 0.6) is 0 Å². The van der Waals surface area contributed by atoms with Crippen LogP contribution in [0.2, 0.25) is 5.02 Å². The molecule has 0 radical (unpaired) electrons. The van der Waals surface area contributed by atoms with Crippen LogP contribution < -0.4 is 21.9 Å². The average Bonchev–Trinajstić information content (AvgIpc) is 2.89. The first kappa shape index (κ1) is 26.4. The Morgan fingerprint density at radius 2 is 1.57 bits per heavy atom. The van der Waals surface area contributed by atoms with Gasteiger partial charge in [0.15, 0.2) is 0 Å². The molecule has 8 nitrogen and oxygen atoms in total. The molecule has 0 fully saturated rings. The Hall–Kier alpha value is -3.69. The lowest BCUT2D eigenvalue weighted by Crippen LogP contribution is -2.42. The SMILES string of the molecule is O=C(CCCn1c(=O)c2ccccc2n(CC(=O)Nc2ccc(Br)cc2)c1=O)NCc1ccccc1Cl. The summed E-state index contributed by atoms with van der Waals surface area (Å²) < 4.78 is 3.23. The molecule has 190 valence electrons. The summed E-state index contributed by atoms with van der Waals surface area (Å²) in [6.07, 6.45) is 0.389. The smallest absolute Gasteiger partial charge is 0.331 e. The molecule has 37 heavy (non-hydrogen) atoms. The van der Waals surface area contributed by atoms with Gasteiger partial charge in [-0.25, -0.2) is 4.79 Å². The van der Waals surface area contributed by atoms with E-state index in [-0.39, 0.29) is 38.4 Å². The van der Waals surface area contributed by atoms with Gasteiger partial charge in [-0.2, -0.15) is 0 Å². The monoisotopic (exact) mass is 582 g/mol. The second-order valence-electron chi connectivity index (χ2n) is 8.37. The fourth-order valence-corrected chi connectivity index (χ4v) is 4.39. The highest BCUT2D eigenvalue weighted by Gasteiger charge is 2.16. The third-order valence-corrected chi connectivity index (χ3v) is 6.68. The molecule has 4 aromatic rings. The van der Waals surface area contributed by atoms with Gasteiger partial charge in [0.2, 0.25) is 11.8 Å². The number of anilines is 1. The van der Waals surface area contributed by atoms with Crippen LogP contribution in [0.4, 0.5) is 5.69 Å². The number of rotatable bonds is 9. The molecule has 0 saturated carbocycles. The Kier molecular flexibility index (Phi) is 8.58. The molecule has 0 aliphatic rings. The first-order valence-electron chi connectivity index (χ1n) is 11.6. The van der Waals surface area contributed by atoms with Gasteiger partial charge >= 0.3 is 5.69 Å². The second kappa shape index (κ2) is 12.0. The number of halogens is 2. The minimum absolute atomic E-state index is 0.0380. The van der Waals surface area contributed by atoms with Crippen molar-refractivity contribution in [3.8, 4) is 0 Å². The van der Waals surface area contributed by atoms with Crippen molar-refractivity contribution in [2.24, 2.45) is 0 Å². The Bertz CT molecular complexity index is 1560. The van der Waals surface area contributed by atoms with Gasteiger partial charge in [0.25, 0.3) is 5.56 Å². The Labute approximate surface area is 226 Å². The van der Waals surface area contributed by atoms with Gasteiger partial charge in [-0.05, 0) is 54.4 Å². The maximum absolute atomic E-state index is 13.3. The predicted molar refractivity (Wildman–Crippen MR) is 148 cm³/mol. The number of carbonyl (C=O) groups is 2. The molecule has 0 aliphatic carbocycles. The molecule has 0 saturated heterocycles. The van der Waals surface area contributed by atoms with E-state index in [1.54, 1.807) is 54.6 Å². The normalized spacial score (nSPS) is 10.9. The van der Waals surface area contributed by atoms with Crippen molar-refractivity contribution >= 4 is 55.9 Å². The van der Waals surface area contributed by atoms with Gasteiger partial charge < -0.3 is 10.6 Å². The number of carbonyl (C=O) groups excluding carboxylic acids is 2. The van der Waals surface area contributed by atoms with E-state index in [4.69, 9.17) is 11.6 Å². The van der Waals surface area contributed by atoms with E-state index < -0.39 is 17.2 Å². The van der Waals surface area contributed by atoms with Crippen LogP contribution in [0.15, 0.2) is 86.9 Å². The zero-order valence-corrected chi connectivity index (χ0v) is 22.1. The number of benzene rings is 3. The van der Waals surface area contributed by atoms with E-state index in [1.807, 2.05) is 18.2 Å². The molecule has 1 aromatic heterocycles. The maximum Gasteiger partial charge on any atom is 0.331 e. The van der Waals surface area contributed by atoms with E-state index in [1.165, 1.54) is 4.57 Å². The molecule has 2 N–H and O–H groups in total. The number of hydrogen-bond donors (Lipinski definition) is 2. The summed E-state index contributed by atoms with van der Waals surface area (Å²) in [4.78, 5) is 51.4. The van der Waals surface area contributed by atoms with E-state index >= 15 is 0 Å². The predicted octanol–water partition coefficient (Wildman–Crippen LogP) is 4.31. The molecule has 3 aromatic carbocycles. The Morgan fingerprint density at radius 3 is 2.32 bits per heavy atom. The van der Waals surface area contributed by atoms with Crippen molar-refractivity contribution in [2.75, 3.05) is 5.32 Å². The third-order valence-electron chi connectivity index (χ3n) is 5.78. The number of nitrogens with zero attached hydrogens (tertiary/aromatic N) is 2. The Morgan fingerprint density at radius 1 is 0.865 bits per heavy atom. The fraction of sp³-hybridized carbons (Fsp3) is 0.185. The number of fused-ring (bicyclic) bond motifs is 1. The van der Waals surface area contributed by atoms with Crippen LogP contribution in [0.1, 0.15) is 18.4 Å². The first-order valence-corrected chi connectivity index (χ1v) is 12.8. The summed E-state index contributed by atoms with van der Waals surface area (Å²) in [6, 6.07) is 20.9. The molecule has 0 bridgehead atoms. The average molecular weight is 584 g/mol. The van der Waals surface area contributed by atoms with Crippen LogP contribution in [-0.4, -0.2) is 20.9 Å². The summed E-state index contributed by atoms with van der Waals surface area (Å²) in [5.74, 6) is -0.623. The zero-order chi connectivity index (χ0) is 26.4. The molecule has 0 atom stereocenters. The highest BCUT2D eigenvalue weighted by Crippen LogP contribution is 2.15. The van der Waals surface area contributed by atoms with Crippen LogP contribution >= 0.6 is 27.5 Å². The number of para-hydroxylation sites is 1. The van der Waals surface area contributed by atoms with Crippen molar-refractivity contribution in [1.82, 2.24) is 14.5 Å². The van der Waals surface area contributed by atoms with E-state index in [0.717, 1.165) is 14.6 Å². The van der Waals surface area contributed by atoms with Gasteiger partial charge in [0.05, 0.1) is 10.9 Å². The Balaban J connectivity index is 1.48. The highest BCUT2D eigenvalue weighted by molar-refractivity contribution is 9.10. The summed E-state index contributed by atoms with van der Waals surface area (Å²) in [6.45, 7) is 0.0546. The van der Waals surface area contributed by atoms with Crippen molar-refractivity contribution in [3.63, 3.8) is 0 Å². The topological polar surface area (TPSA) is 102 Å². The quantitative estimate of drug-likeness (QED) is 0.307. The van der Waals surface area contributed by atoms with Gasteiger partial charge in [-0.3, -0.25) is 23.5 Å². The fourth-order valence-electron chi connectivity index (χ4n) is 3.92. The standard InChI is InChI=1S/C27H24BrClN4O4/c28-19-11-13-20(14-12-19)31-25(35)17-33-23-9-4-2-7-21(23)26(36)32(27(33)37)15-5-10-24(34)30-16-18-6-1-3-8-22(18)29/h1-4,6-9,11-14H,5,10,15-17H2,(H,30,34)(H,31,35). The molecule has 0 spiro atoms. The van der Waals surface area contributed by atoms with Crippen molar-refractivity contribution in [3.05, 3.63) is 109 Å². The summed E-state index contributed by atoms with van der Waals surface area (Å²) in [7, 11) is 0. The molecule has 0 unspecified atom stereocenters. The van der Waals surface area contributed by atoms with Crippen molar-refractivity contribution in [2.45, 2.75) is 32.5 Å². The number of aromatic nitrogens is 2. The number of amides is 2. The lowest BCUT2D eigenvalue weighted by Gasteiger charge is -2.14. The van der Waals surface area contributed by atoms with Gasteiger partial charge in [-0.15, -0.1) is 0 Å². The first-order chi connectivity index (χ1) is 17.8. The van der Waals surface area contributed by atoms with Crippen molar-refractivity contribution < 1.29 is 9.59 Å². The maximum atomic E-state index is 13.3. The van der Waals surface area contributed by atoms with Gasteiger partial charge in [0, 0.05) is 34.7 Å². The number of nitrogens with one attached hydrogen (secondary N) is 2. The molecule has 2 amide bonds. The largest absolute Gasteiger partial charge is 0.352 e. The molecular weight excluding hydrogens is 560 g/mol. The van der Waals surface area contributed by atoms with E-state index in [2.05, 4.69) is 26.6 Å². The van der Waals surface area contributed by atoms with E-state index in [0.29, 0.717) is 21.6 Å². The lowest BCUT2D eigenvalue weighted by atomic mass is 10.2. The van der Waals surface area contributed by atoms with Crippen LogP contribution in [0.3, 0.4) is 0 Å². The summed E-state index contributed by atoms with van der Waals surface area (Å²) >= 11 is 9.47. The molecule has 1 heterocycles. The zero-order valence-electron chi connectivity index (χ0n) is 19.7. The van der Waals surface area contributed by atoms with Crippen LogP contribution in [-0.2, 0) is 29.2 Å². The lowest BCUT2D eigenvalue weighted by molar-refractivity contribution is -0.121. The van der Waals surface area contributed by atoms with E-state index in [9.17, 15) is 19.2 Å². The molecular formula is C27H24BrClN4O4. The molecule has 4 rings (SSSR count). The second-order valence-corrected chi connectivity index (χ2v) is 9.69. The minimum atomic E-state index is -0.605. The third kappa shape index (κ3) is 6.55. The summed E-state index contributed by atoms with van der Waals surface area (Å²) in [5.41, 5.74) is 0.694. The minimum Gasteiger partial charge on any atom is -0.352 e. The number of hydrogen-bond acceptors (Lipinski definition) is 4. The van der Waals surface area contributed by atoms with Gasteiger partial charge in [-0.1, -0.05) is 57.9 Å². The summed E-state index contributed by atoms with van der Waals surface area (Å²) in [5, 5.41) is 6.45. The highest BCUT2D eigenvalue weighted by atomic mass is 79.9. The molecule has 10 heteroatoms. The van der Waals surface area contributed by atoms with Crippen LogP contribution in [0, 0.1) is 0 Å². The van der Waals surface area contributed by atoms with Gasteiger partial charge in [0.1, 0.15) is 6.54 Å². The van der Waals surface area contributed by atoms with Crippen molar-refractivity contribution in [1.29, 1.82) is 0 Å². The molecule has 0 aliphatic heterocycles.